The molecular formula is C31H28FN5O. The highest BCUT2D eigenvalue weighted by Gasteiger charge is 2.36. The Hall–Kier alpha value is -4.65. The van der Waals surface area contributed by atoms with Crippen LogP contribution in [0, 0.1) is 26.6 Å². The Balaban J connectivity index is 1.54. The summed E-state index contributed by atoms with van der Waals surface area (Å²) in [5.74, 6) is 0.528. The predicted octanol–water partition coefficient (Wildman–Crippen LogP) is 6.86. The second-order valence-electron chi connectivity index (χ2n) is 9.83. The highest BCUT2D eigenvalue weighted by Crippen LogP contribution is 2.39. The number of hydrogen-bond donors (Lipinski definition) is 1. The summed E-state index contributed by atoms with van der Waals surface area (Å²) in [5, 5.41) is 7.98. The maximum absolute atomic E-state index is 14.5. The SMILES string of the molecule is Cc1cc(C)cc(NC(=O)N2Cc3c(C)nn(-c4ccccc4)c3-n3cccc3[C@H]2c2cccc(F)c2)c1. The summed E-state index contributed by atoms with van der Waals surface area (Å²) in [6, 6.07) is 25.5. The second-order valence-corrected chi connectivity index (χ2v) is 9.83. The van der Waals surface area contributed by atoms with Crippen molar-refractivity contribution in [3.63, 3.8) is 0 Å². The number of para-hydroxylation sites is 1. The lowest BCUT2D eigenvalue weighted by Gasteiger charge is -2.31. The molecule has 1 atom stereocenters. The Kier molecular flexibility index (Phi) is 5.83. The summed E-state index contributed by atoms with van der Waals surface area (Å²) < 4.78 is 18.5. The van der Waals surface area contributed by atoms with Gasteiger partial charge in [0.25, 0.3) is 0 Å². The van der Waals surface area contributed by atoms with E-state index in [1.807, 2.05) is 92.3 Å². The maximum atomic E-state index is 14.5. The number of hydrogen-bond acceptors (Lipinski definition) is 2. The molecule has 3 heterocycles. The second kappa shape index (κ2) is 9.34. The van der Waals surface area contributed by atoms with E-state index in [1.54, 1.807) is 11.0 Å². The van der Waals surface area contributed by atoms with Crippen LogP contribution in [0.25, 0.3) is 11.5 Å². The third-order valence-corrected chi connectivity index (χ3v) is 6.99. The molecular weight excluding hydrogens is 477 g/mol. The molecule has 0 aliphatic carbocycles. The number of anilines is 1. The van der Waals surface area contributed by atoms with Gasteiger partial charge in [-0.05, 0) is 86.0 Å². The number of aromatic nitrogens is 3. The molecule has 7 heteroatoms. The van der Waals surface area contributed by atoms with Crippen molar-refractivity contribution in [2.45, 2.75) is 33.4 Å². The molecule has 0 unspecified atom stereocenters. The molecule has 5 aromatic rings. The largest absolute Gasteiger partial charge is 0.322 e. The molecule has 1 aliphatic rings. The molecule has 2 aromatic heterocycles. The molecule has 38 heavy (non-hydrogen) atoms. The minimum atomic E-state index is -0.525. The third kappa shape index (κ3) is 4.16. The van der Waals surface area contributed by atoms with Gasteiger partial charge in [-0.25, -0.2) is 13.9 Å². The average molecular weight is 506 g/mol. The van der Waals surface area contributed by atoms with Gasteiger partial charge in [0.1, 0.15) is 11.6 Å². The van der Waals surface area contributed by atoms with E-state index in [0.717, 1.165) is 45.3 Å². The standard InChI is InChI=1S/C31H28FN5O/c1-20-15-21(2)17-25(16-20)33-31(38)36-19-27-22(3)34-37(26-11-5-4-6-12-26)30(27)35-14-8-13-28(35)29(36)23-9-7-10-24(32)18-23/h4-18,29H,19H2,1-3H3,(H,33,38)/t29-/m1/s1. The van der Waals surface area contributed by atoms with Crippen molar-refractivity contribution in [2.24, 2.45) is 0 Å². The fourth-order valence-electron chi connectivity index (χ4n) is 5.42. The van der Waals surface area contributed by atoms with Crippen molar-refractivity contribution in [1.29, 1.82) is 0 Å². The van der Waals surface area contributed by atoms with Gasteiger partial charge in [0.05, 0.1) is 29.7 Å². The van der Waals surface area contributed by atoms with Gasteiger partial charge in [-0.3, -0.25) is 0 Å². The summed E-state index contributed by atoms with van der Waals surface area (Å²) in [4.78, 5) is 15.8. The Labute approximate surface area is 221 Å². The number of nitrogens with one attached hydrogen (secondary N) is 1. The van der Waals surface area contributed by atoms with E-state index in [2.05, 4.69) is 16.0 Å². The fourth-order valence-corrected chi connectivity index (χ4v) is 5.42. The molecule has 0 fully saturated rings. The quantitative estimate of drug-likeness (QED) is 0.291. The molecule has 190 valence electrons. The first-order valence-corrected chi connectivity index (χ1v) is 12.6. The summed E-state index contributed by atoms with van der Waals surface area (Å²) in [5.41, 5.74) is 7.08. The number of amides is 2. The minimum absolute atomic E-state index is 0.267. The lowest BCUT2D eigenvalue weighted by molar-refractivity contribution is 0.194. The monoisotopic (exact) mass is 505 g/mol. The zero-order chi connectivity index (χ0) is 26.4. The highest BCUT2D eigenvalue weighted by atomic mass is 19.1. The van der Waals surface area contributed by atoms with Crippen LogP contribution in [0.4, 0.5) is 14.9 Å². The molecule has 6 nitrogen and oxygen atoms in total. The van der Waals surface area contributed by atoms with Crippen LogP contribution in [-0.4, -0.2) is 25.3 Å². The van der Waals surface area contributed by atoms with Gasteiger partial charge < -0.3 is 14.8 Å². The molecule has 2 amide bonds. The Bertz CT molecular complexity index is 1630. The Morgan fingerprint density at radius 3 is 2.42 bits per heavy atom. The van der Waals surface area contributed by atoms with Crippen LogP contribution in [0.1, 0.15) is 39.7 Å². The fraction of sp³-hybridized carbons (Fsp3) is 0.161. The van der Waals surface area contributed by atoms with Crippen LogP contribution < -0.4 is 5.32 Å². The van der Waals surface area contributed by atoms with Crippen molar-refractivity contribution >= 4 is 11.7 Å². The molecule has 0 spiro atoms. The topological polar surface area (TPSA) is 55.1 Å². The summed E-state index contributed by atoms with van der Waals surface area (Å²) in [7, 11) is 0. The first-order chi connectivity index (χ1) is 18.4. The van der Waals surface area contributed by atoms with E-state index in [-0.39, 0.29) is 11.8 Å². The smallest absolute Gasteiger partial charge is 0.308 e. The van der Waals surface area contributed by atoms with Gasteiger partial charge in [0, 0.05) is 17.4 Å². The molecule has 0 radical (unpaired) electrons. The van der Waals surface area contributed by atoms with Gasteiger partial charge in [-0.1, -0.05) is 36.4 Å². The number of urea groups is 1. The molecule has 0 saturated heterocycles. The Morgan fingerprint density at radius 2 is 1.68 bits per heavy atom. The molecule has 1 aliphatic heterocycles. The van der Waals surface area contributed by atoms with Crippen LogP contribution in [-0.2, 0) is 6.54 Å². The number of fused-ring (bicyclic) bond motifs is 3. The van der Waals surface area contributed by atoms with Crippen LogP contribution in [0.5, 0.6) is 0 Å². The van der Waals surface area contributed by atoms with Gasteiger partial charge in [0.2, 0.25) is 0 Å². The summed E-state index contributed by atoms with van der Waals surface area (Å²) in [6.07, 6.45) is 1.98. The molecule has 0 saturated carbocycles. The van der Waals surface area contributed by atoms with Gasteiger partial charge in [-0.2, -0.15) is 5.10 Å². The number of aryl methyl sites for hydroxylation is 3. The first-order valence-electron chi connectivity index (χ1n) is 12.6. The molecule has 1 N–H and O–H groups in total. The van der Waals surface area contributed by atoms with E-state index >= 15 is 0 Å². The van der Waals surface area contributed by atoms with E-state index in [1.165, 1.54) is 12.1 Å². The van der Waals surface area contributed by atoms with Crippen molar-refractivity contribution in [3.8, 4) is 11.5 Å². The van der Waals surface area contributed by atoms with E-state index in [4.69, 9.17) is 5.10 Å². The van der Waals surface area contributed by atoms with E-state index in [9.17, 15) is 9.18 Å². The lowest BCUT2D eigenvalue weighted by atomic mass is 10.0. The van der Waals surface area contributed by atoms with Crippen molar-refractivity contribution in [2.75, 3.05) is 5.32 Å². The molecule has 3 aromatic carbocycles. The normalized spacial score (nSPS) is 14.5. The zero-order valence-electron chi connectivity index (χ0n) is 21.5. The lowest BCUT2D eigenvalue weighted by Crippen LogP contribution is -2.38. The van der Waals surface area contributed by atoms with Crippen LogP contribution in [0.15, 0.2) is 91.1 Å². The van der Waals surface area contributed by atoms with Crippen LogP contribution in [0.3, 0.4) is 0 Å². The van der Waals surface area contributed by atoms with Crippen LogP contribution >= 0.6 is 0 Å². The van der Waals surface area contributed by atoms with Gasteiger partial charge in [0.15, 0.2) is 0 Å². The van der Waals surface area contributed by atoms with E-state index in [0.29, 0.717) is 12.1 Å². The summed E-state index contributed by atoms with van der Waals surface area (Å²) >= 11 is 0. The summed E-state index contributed by atoms with van der Waals surface area (Å²) in [6.45, 7) is 6.27. The first kappa shape index (κ1) is 23.7. The van der Waals surface area contributed by atoms with E-state index < -0.39 is 6.04 Å². The number of rotatable bonds is 3. The van der Waals surface area contributed by atoms with Gasteiger partial charge in [-0.15, -0.1) is 0 Å². The van der Waals surface area contributed by atoms with Crippen molar-refractivity contribution in [3.05, 3.63) is 131 Å². The zero-order valence-corrected chi connectivity index (χ0v) is 21.5. The number of halogens is 1. The number of nitrogens with zero attached hydrogens (tertiary/aromatic N) is 4. The van der Waals surface area contributed by atoms with Crippen molar-refractivity contribution < 1.29 is 9.18 Å². The number of carbonyl (C=O) groups is 1. The average Bonchev–Trinajstić information content (AvgIpc) is 3.44. The number of carbonyl (C=O) groups excluding carboxylic acids is 1. The predicted molar refractivity (Wildman–Crippen MR) is 146 cm³/mol. The maximum Gasteiger partial charge on any atom is 0.322 e. The molecule has 0 bridgehead atoms. The third-order valence-electron chi connectivity index (χ3n) is 6.99. The minimum Gasteiger partial charge on any atom is -0.308 e. The Morgan fingerprint density at radius 1 is 0.921 bits per heavy atom. The number of benzene rings is 3. The van der Waals surface area contributed by atoms with Gasteiger partial charge >= 0.3 is 6.03 Å². The highest BCUT2D eigenvalue weighted by molar-refractivity contribution is 5.90. The van der Waals surface area contributed by atoms with Crippen LogP contribution in [0.2, 0.25) is 0 Å². The van der Waals surface area contributed by atoms with Crippen molar-refractivity contribution in [1.82, 2.24) is 19.2 Å². The molecule has 6 rings (SSSR count).